The number of hydrogen-bond donors (Lipinski definition) is 0. The number of hydrogen-bond acceptors (Lipinski definition) is 2. The Morgan fingerprint density at radius 1 is 0.167 bits per heavy atom. The Balaban J connectivity index is 0.876. The average Bonchev–Trinajstić information content (AvgIpc) is 3.32. The highest BCUT2D eigenvalue weighted by molar-refractivity contribution is 6.02. The average molecular weight is 765 g/mol. The first-order valence-corrected chi connectivity index (χ1v) is 20.6. The Hall–Kier alpha value is -7.94. The maximum Gasteiger partial charge on any atom is 0.0468 e. The summed E-state index contributed by atoms with van der Waals surface area (Å²) in [4.78, 5) is 4.63. The summed E-state index contributed by atoms with van der Waals surface area (Å²) in [6, 6.07) is 87.9. The van der Waals surface area contributed by atoms with Crippen molar-refractivity contribution >= 4 is 77.2 Å². The zero-order valence-corrected chi connectivity index (χ0v) is 33.0. The van der Waals surface area contributed by atoms with E-state index >= 15 is 0 Å². The van der Waals surface area contributed by atoms with Gasteiger partial charge in [-0.2, -0.15) is 0 Å². The van der Waals surface area contributed by atoms with Gasteiger partial charge < -0.3 is 9.80 Å². The smallest absolute Gasteiger partial charge is 0.0468 e. The van der Waals surface area contributed by atoms with Crippen LogP contribution in [0.2, 0.25) is 0 Å². The fourth-order valence-corrected chi connectivity index (χ4v) is 8.66. The second kappa shape index (κ2) is 15.1. The lowest BCUT2D eigenvalue weighted by Crippen LogP contribution is -2.09. The minimum absolute atomic E-state index is 1.14. The van der Waals surface area contributed by atoms with E-state index in [1.807, 2.05) is 0 Å². The molecule has 11 aromatic carbocycles. The molecule has 0 aliphatic rings. The van der Waals surface area contributed by atoms with E-state index in [0.29, 0.717) is 0 Å². The Morgan fingerprint density at radius 3 is 0.733 bits per heavy atom. The molecule has 0 fully saturated rings. The molecule has 0 N–H and O–H groups in total. The molecule has 11 rings (SSSR count). The molecule has 2 nitrogen and oxygen atoms in total. The van der Waals surface area contributed by atoms with E-state index in [9.17, 15) is 0 Å². The molecule has 0 spiro atoms. The number of fused-ring (bicyclic) bond motifs is 4. The van der Waals surface area contributed by atoms with Gasteiger partial charge in [0.15, 0.2) is 0 Å². The third kappa shape index (κ3) is 6.70. The molecular weight excluding hydrogens is 725 g/mol. The largest absolute Gasteiger partial charge is 0.310 e. The van der Waals surface area contributed by atoms with Crippen molar-refractivity contribution in [1.29, 1.82) is 0 Å². The molecule has 282 valence electrons. The number of benzene rings is 11. The van der Waals surface area contributed by atoms with E-state index in [4.69, 9.17) is 0 Å². The monoisotopic (exact) mass is 764 g/mol. The van der Waals surface area contributed by atoms with Crippen molar-refractivity contribution in [2.24, 2.45) is 0 Å². The summed E-state index contributed by atoms with van der Waals surface area (Å²) >= 11 is 0. The molecule has 0 saturated heterocycles. The van der Waals surface area contributed by atoms with Crippen LogP contribution in [-0.4, -0.2) is 0 Å². The quantitative estimate of drug-likeness (QED) is 0.142. The van der Waals surface area contributed by atoms with Gasteiger partial charge in [0.1, 0.15) is 0 Å². The standard InChI is InChI=1S/C58H40N2/c1-5-13-53(14-6-1)59(54-15-7-2-8-16-54)57-31-29-45-33-41(23-27-49(45)39-57)43-21-25-47-38-52-36-44(22-26-48(52)37-51(47)35-43)42-24-28-50-40-58(32-30-46(50)34-42)60(55-17-9-3-10-18-55)56-19-11-4-12-20-56/h1-40H. The van der Waals surface area contributed by atoms with Gasteiger partial charge in [0.05, 0.1) is 0 Å². The lowest BCUT2D eigenvalue weighted by molar-refractivity contribution is 1.29. The van der Waals surface area contributed by atoms with Crippen LogP contribution in [0.3, 0.4) is 0 Å². The second-order valence-corrected chi connectivity index (χ2v) is 15.5. The first-order chi connectivity index (χ1) is 29.7. The Bertz CT molecular complexity index is 3000. The predicted octanol–water partition coefficient (Wildman–Crippen LogP) is 16.6. The first-order valence-electron chi connectivity index (χ1n) is 20.6. The first kappa shape index (κ1) is 35.2. The van der Waals surface area contributed by atoms with Crippen molar-refractivity contribution in [3.8, 4) is 22.3 Å². The molecule has 11 aromatic rings. The Labute approximate surface area is 350 Å². The van der Waals surface area contributed by atoms with Crippen LogP contribution in [0.15, 0.2) is 243 Å². The van der Waals surface area contributed by atoms with E-state index in [1.54, 1.807) is 0 Å². The molecule has 0 aliphatic carbocycles. The van der Waals surface area contributed by atoms with Crippen LogP contribution in [0.25, 0.3) is 65.3 Å². The number of nitrogens with zero attached hydrogens (tertiary/aromatic N) is 2. The molecule has 60 heavy (non-hydrogen) atoms. The maximum atomic E-state index is 2.33. The topological polar surface area (TPSA) is 6.48 Å². The highest BCUT2D eigenvalue weighted by atomic mass is 15.1. The predicted molar refractivity (Wildman–Crippen MR) is 257 cm³/mol. The molecule has 0 unspecified atom stereocenters. The zero-order valence-electron chi connectivity index (χ0n) is 33.0. The van der Waals surface area contributed by atoms with Crippen molar-refractivity contribution in [3.63, 3.8) is 0 Å². The van der Waals surface area contributed by atoms with Crippen LogP contribution in [0.1, 0.15) is 0 Å². The highest BCUT2D eigenvalue weighted by Gasteiger charge is 2.15. The second-order valence-electron chi connectivity index (χ2n) is 15.5. The van der Waals surface area contributed by atoms with Crippen molar-refractivity contribution < 1.29 is 0 Å². The van der Waals surface area contributed by atoms with Crippen LogP contribution in [-0.2, 0) is 0 Å². The van der Waals surface area contributed by atoms with Gasteiger partial charge in [0.2, 0.25) is 0 Å². The molecule has 0 aromatic heterocycles. The van der Waals surface area contributed by atoms with E-state index in [2.05, 4.69) is 252 Å². The van der Waals surface area contributed by atoms with Crippen LogP contribution in [0.4, 0.5) is 34.1 Å². The fraction of sp³-hybridized carbons (Fsp3) is 0. The number of anilines is 6. The van der Waals surface area contributed by atoms with Gasteiger partial charge in [-0.25, -0.2) is 0 Å². The zero-order chi connectivity index (χ0) is 39.8. The Morgan fingerprint density at radius 2 is 0.417 bits per heavy atom. The molecule has 0 bridgehead atoms. The molecule has 0 saturated carbocycles. The SMILES string of the molecule is c1ccc(N(c2ccccc2)c2ccc3cc(-c4ccc5cc6cc(-c7ccc8cc(N(c9ccccc9)c9ccccc9)ccc8c7)ccc6cc5c4)ccc3c2)cc1. The van der Waals surface area contributed by atoms with Crippen molar-refractivity contribution in [2.45, 2.75) is 0 Å². The maximum absolute atomic E-state index is 2.33. The van der Waals surface area contributed by atoms with Gasteiger partial charge in [-0.1, -0.05) is 133 Å². The summed E-state index contributed by atoms with van der Waals surface area (Å²) in [5, 5.41) is 9.83. The molecular formula is C58H40N2. The minimum atomic E-state index is 1.14. The lowest BCUT2D eigenvalue weighted by atomic mass is 9.95. The molecule has 0 aliphatic heterocycles. The summed E-state index contributed by atoms with van der Waals surface area (Å²) in [6.07, 6.45) is 0. The van der Waals surface area contributed by atoms with Gasteiger partial charge in [-0.15, -0.1) is 0 Å². The molecule has 0 radical (unpaired) electrons. The summed E-state index contributed by atoms with van der Waals surface area (Å²) in [7, 11) is 0. The third-order valence-electron chi connectivity index (χ3n) is 11.7. The normalized spacial score (nSPS) is 11.3. The van der Waals surface area contributed by atoms with Crippen LogP contribution in [0, 0.1) is 0 Å². The third-order valence-corrected chi connectivity index (χ3v) is 11.7. The minimum Gasteiger partial charge on any atom is -0.310 e. The molecule has 0 heterocycles. The number of rotatable bonds is 8. The van der Waals surface area contributed by atoms with E-state index < -0.39 is 0 Å². The lowest BCUT2D eigenvalue weighted by Gasteiger charge is -2.25. The Kier molecular flexibility index (Phi) is 8.87. The summed E-state index contributed by atoms with van der Waals surface area (Å²) in [5.74, 6) is 0. The van der Waals surface area contributed by atoms with E-state index in [-0.39, 0.29) is 0 Å². The van der Waals surface area contributed by atoms with Gasteiger partial charge in [-0.3, -0.25) is 0 Å². The summed E-state index contributed by atoms with van der Waals surface area (Å²) < 4.78 is 0. The summed E-state index contributed by atoms with van der Waals surface area (Å²) in [5.41, 5.74) is 11.7. The fourth-order valence-electron chi connectivity index (χ4n) is 8.66. The van der Waals surface area contributed by atoms with Gasteiger partial charge in [0.25, 0.3) is 0 Å². The highest BCUT2D eigenvalue weighted by Crippen LogP contribution is 2.39. The van der Waals surface area contributed by atoms with E-state index in [0.717, 1.165) is 34.1 Å². The van der Waals surface area contributed by atoms with Crippen molar-refractivity contribution in [1.82, 2.24) is 0 Å². The van der Waals surface area contributed by atoms with Crippen LogP contribution in [0.5, 0.6) is 0 Å². The molecule has 0 amide bonds. The summed E-state index contributed by atoms with van der Waals surface area (Å²) in [6.45, 7) is 0. The van der Waals surface area contributed by atoms with Gasteiger partial charge in [0, 0.05) is 34.1 Å². The van der Waals surface area contributed by atoms with Crippen molar-refractivity contribution in [3.05, 3.63) is 243 Å². The van der Waals surface area contributed by atoms with Crippen LogP contribution >= 0.6 is 0 Å². The van der Waals surface area contributed by atoms with Gasteiger partial charge >= 0.3 is 0 Å². The van der Waals surface area contributed by atoms with Crippen molar-refractivity contribution in [2.75, 3.05) is 9.80 Å². The van der Waals surface area contributed by atoms with E-state index in [1.165, 1.54) is 65.3 Å². The molecule has 0 atom stereocenters. The molecule has 2 heteroatoms. The van der Waals surface area contributed by atoms with Crippen LogP contribution < -0.4 is 9.80 Å². The number of para-hydroxylation sites is 4. The van der Waals surface area contributed by atoms with Gasteiger partial charge in [-0.05, 0) is 175 Å².